The molecule has 0 spiro atoms. The quantitative estimate of drug-likeness (QED) is 0.555. The Morgan fingerprint density at radius 3 is 2.67 bits per heavy atom. The number of rotatable bonds is 3. The smallest absolute Gasteiger partial charge is 0.244 e. The molecule has 0 aliphatic carbocycles. The van der Waals surface area contributed by atoms with Crippen LogP contribution in [0.1, 0.15) is 37.6 Å². The van der Waals surface area contributed by atoms with Gasteiger partial charge in [0, 0.05) is 29.7 Å². The van der Waals surface area contributed by atoms with Crippen molar-refractivity contribution in [3.8, 4) is 0 Å². The highest BCUT2D eigenvalue weighted by Gasteiger charge is 2.23. The number of carbonyl (C=O) groups is 1. The van der Waals surface area contributed by atoms with Gasteiger partial charge in [-0.05, 0) is 53.8 Å². The van der Waals surface area contributed by atoms with Crippen molar-refractivity contribution in [1.29, 1.82) is 0 Å². The summed E-state index contributed by atoms with van der Waals surface area (Å²) in [7, 11) is 0. The second-order valence-corrected chi connectivity index (χ2v) is 9.68. The summed E-state index contributed by atoms with van der Waals surface area (Å²) in [5, 5.41) is 8.60. The van der Waals surface area contributed by atoms with Crippen molar-refractivity contribution in [2.45, 2.75) is 45.6 Å². The van der Waals surface area contributed by atoms with Crippen LogP contribution >= 0.6 is 23.2 Å². The number of anilines is 1. The van der Waals surface area contributed by atoms with Crippen LogP contribution < -0.4 is 10.6 Å². The van der Waals surface area contributed by atoms with Gasteiger partial charge in [-0.3, -0.25) is 4.79 Å². The second kappa shape index (κ2) is 8.26. The minimum Gasteiger partial charge on any atom is -0.335 e. The average molecular weight is 444 g/mol. The highest BCUT2D eigenvalue weighted by molar-refractivity contribution is 6.45. The molecule has 2 N–H and O–H groups in total. The molecule has 0 radical (unpaired) electrons. The maximum absolute atomic E-state index is 13.0. The Morgan fingerprint density at radius 1 is 1.13 bits per heavy atom. The third-order valence-corrected chi connectivity index (χ3v) is 6.55. The predicted molar refractivity (Wildman–Crippen MR) is 126 cm³/mol. The van der Waals surface area contributed by atoms with Crippen molar-refractivity contribution >= 4 is 45.7 Å². The van der Waals surface area contributed by atoms with E-state index in [2.05, 4.69) is 42.0 Å². The zero-order valence-electron chi connectivity index (χ0n) is 17.6. The number of aromatic nitrogens is 1. The molecule has 0 bridgehead atoms. The number of nitrogens with one attached hydrogen (secondary N) is 2. The Bertz CT molecular complexity index is 1110. The van der Waals surface area contributed by atoms with Crippen molar-refractivity contribution in [1.82, 2.24) is 9.88 Å². The van der Waals surface area contributed by atoms with E-state index in [4.69, 9.17) is 23.2 Å². The van der Waals surface area contributed by atoms with Crippen LogP contribution in [0.4, 0.5) is 5.69 Å². The van der Waals surface area contributed by atoms with E-state index in [1.807, 2.05) is 30.3 Å². The van der Waals surface area contributed by atoms with Crippen LogP contribution in [0, 0.1) is 0 Å². The molecule has 1 aliphatic heterocycles. The number of amides is 1. The fourth-order valence-corrected chi connectivity index (χ4v) is 4.62. The molecule has 2 heterocycles. The fraction of sp³-hybridized carbons (Fsp3) is 0.375. The summed E-state index contributed by atoms with van der Waals surface area (Å²) in [6.45, 7) is 8.50. The summed E-state index contributed by atoms with van der Waals surface area (Å²) in [6, 6.07) is 11.8. The van der Waals surface area contributed by atoms with E-state index in [0.717, 1.165) is 48.2 Å². The molecular weight excluding hydrogens is 417 g/mol. The average Bonchev–Trinajstić information content (AvgIpc) is 2.83. The first-order valence-electron chi connectivity index (χ1n) is 10.3. The van der Waals surface area contributed by atoms with Crippen LogP contribution in [-0.4, -0.2) is 23.6 Å². The SMILES string of the molecule is CC(C)(C)c1cccc(NC(=O)Cn2c3c(c4c(Cl)c(Cl)ccc42)CCNCC3)c1. The molecule has 1 amide bonds. The van der Waals surface area contributed by atoms with Gasteiger partial charge in [0.05, 0.1) is 15.6 Å². The van der Waals surface area contributed by atoms with Crippen LogP contribution in [0.2, 0.25) is 10.0 Å². The number of hydrogen-bond donors (Lipinski definition) is 2. The minimum absolute atomic E-state index is 0.0255. The van der Waals surface area contributed by atoms with Crippen LogP contribution in [0.5, 0.6) is 0 Å². The maximum Gasteiger partial charge on any atom is 0.244 e. The lowest BCUT2D eigenvalue weighted by molar-refractivity contribution is -0.116. The molecule has 30 heavy (non-hydrogen) atoms. The van der Waals surface area contributed by atoms with Gasteiger partial charge in [0.1, 0.15) is 6.54 Å². The lowest BCUT2D eigenvalue weighted by atomic mass is 9.87. The molecule has 0 saturated carbocycles. The molecule has 4 rings (SSSR count). The Labute approximate surface area is 187 Å². The molecule has 6 heteroatoms. The van der Waals surface area contributed by atoms with Gasteiger partial charge in [0.2, 0.25) is 5.91 Å². The molecule has 158 valence electrons. The first-order chi connectivity index (χ1) is 14.3. The summed E-state index contributed by atoms with van der Waals surface area (Å²) in [6.07, 6.45) is 1.72. The Hall–Kier alpha value is -2.01. The van der Waals surface area contributed by atoms with Crippen molar-refractivity contribution < 1.29 is 4.79 Å². The summed E-state index contributed by atoms with van der Waals surface area (Å²) < 4.78 is 2.10. The van der Waals surface area contributed by atoms with Crippen LogP contribution in [0.25, 0.3) is 10.9 Å². The molecule has 2 aromatic carbocycles. The molecule has 0 atom stereocenters. The Morgan fingerprint density at radius 2 is 1.90 bits per heavy atom. The van der Waals surface area contributed by atoms with Gasteiger partial charge in [-0.2, -0.15) is 0 Å². The number of hydrogen-bond acceptors (Lipinski definition) is 2. The van der Waals surface area contributed by atoms with Gasteiger partial charge < -0.3 is 15.2 Å². The lowest BCUT2D eigenvalue weighted by Gasteiger charge is -2.20. The third-order valence-electron chi connectivity index (χ3n) is 5.74. The van der Waals surface area contributed by atoms with Crippen molar-refractivity contribution in [2.24, 2.45) is 0 Å². The van der Waals surface area contributed by atoms with E-state index in [1.165, 1.54) is 11.1 Å². The number of benzene rings is 2. The highest BCUT2D eigenvalue weighted by atomic mass is 35.5. The number of halogens is 2. The van der Waals surface area contributed by atoms with Crippen LogP contribution in [0.15, 0.2) is 36.4 Å². The summed E-state index contributed by atoms with van der Waals surface area (Å²) >= 11 is 12.9. The highest BCUT2D eigenvalue weighted by Crippen LogP contribution is 2.37. The first kappa shape index (κ1) is 21.2. The Balaban J connectivity index is 1.68. The third kappa shape index (κ3) is 4.09. The summed E-state index contributed by atoms with van der Waals surface area (Å²) in [4.78, 5) is 13.0. The van der Waals surface area contributed by atoms with Crippen molar-refractivity contribution in [2.75, 3.05) is 18.4 Å². The monoisotopic (exact) mass is 443 g/mol. The molecule has 0 fully saturated rings. The van der Waals surface area contributed by atoms with Gasteiger partial charge in [-0.1, -0.05) is 56.1 Å². The number of carbonyl (C=O) groups excluding carboxylic acids is 1. The predicted octanol–water partition coefficient (Wildman–Crippen LogP) is 5.57. The minimum atomic E-state index is -0.0518. The van der Waals surface area contributed by atoms with E-state index >= 15 is 0 Å². The first-order valence-corrected chi connectivity index (χ1v) is 11.1. The number of nitrogens with zero attached hydrogens (tertiary/aromatic N) is 1. The largest absolute Gasteiger partial charge is 0.335 e. The zero-order chi connectivity index (χ0) is 21.5. The fourth-order valence-electron chi connectivity index (χ4n) is 4.19. The normalized spacial score (nSPS) is 14.4. The van der Waals surface area contributed by atoms with Gasteiger partial charge in [0.25, 0.3) is 0 Å². The molecule has 0 saturated heterocycles. The second-order valence-electron chi connectivity index (χ2n) is 8.90. The summed E-state index contributed by atoms with van der Waals surface area (Å²) in [5.74, 6) is -0.0518. The van der Waals surface area contributed by atoms with E-state index in [0.29, 0.717) is 10.0 Å². The standard InChI is InChI=1S/C24H27Cl2N3O/c1-24(2,3)15-5-4-6-16(13-15)28-21(30)14-29-19-10-12-27-11-9-17(19)22-20(29)8-7-18(25)23(22)26/h4-8,13,27H,9-12,14H2,1-3H3,(H,28,30). The molecule has 3 aromatic rings. The maximum atomic E-state index is 13.0. The van der Waals surface area contributed by atoms with Gasteiger partial charge in [-0.15, -0.1) is 0 Å². The van der Waals surface area contributed by atoms with E-state index < -0.39 is 0 Å². The molecular formula is C24H27Cl2N3O. The Kier molecular flexibility index (Phi) is 5.84. The van der Waals surface area contributed by atoms with Gasteiger partial charge >= 0.3 is 0 Å². The van der Waals surface area contributed by atoms with Crippen molar-refractivity contribution in [3.63, 3.8) is 0 Å². The topological polar surface area (TPSA) is 46.1 Å². The van der Waals surface area contributed by atoms with E-state index in [1.54, 1.807) is 0 Å². The van der Waals surface area contributed by atoms with Gasteiger partial charge in [0.15, 0.2) is 0 Å². The van der Waals surface area contributed by atoms with E-state index in [9.17, 15) is 4.79 Å². The summed E-state index contributed by atoms with van der Waals surface area (Å²) in [5.41, 5.74) is 5.36. The molecule has 4 nitrogen and oxygen atoms in total. The van der Waals surface area contributed by atoms with Crippen LogP contribution in [-0.2, 0) is 29.6 Å². The van der Waals surface area contributed by atoms with Gasteiger partial charge in [-0.25, -0.2) is 0 Å². The molecule has 1 aromatic heterocycles. The molecule has 1 aliphatic rings. The van der Waals surface area contributed by atoms with E-state index in [-0.39, 0.29) is 17.9 Å². The van der Waals surface area contributed by atoms with Crippen LogP contribution in [0.3, 0.4) is 0 Å². The number of fused-ring (bicyclic) bond motifs is 3. The lowest BCUT2D eigenvalue weighted by Crippen LogP contribution is -2.22. The molecule has 0 unspecified atom stereocenters. The van der Waals surface area contributed by atoms with Crippen molar-refractivity contribution in [3.05, 3.63) is 63.3 Å². The zero-order valence-corrected chi connectivity index (χ0v) is 19.1.